The van der Waals surface area contributed by atoms with Crippen molar-refractivity contribution in [3.63, 3.8) is 0 Å². The van der Waals surface area contributed by atoms with Crippen LogP contribution in [0.3, 0.4) is 0 Å². The molecule has 3 N–H and O–H groups in total. The van der Waals surface area contributed by atoms with E-state index in [0.29, 0.717) is 52.9 Å². The highest BCUT2D eigenvalue weighted by atomic mass is 32.1. The van der Waals surface area contributed by atoms with Gasteiger partial charge in [-0.3, -0.25) is 19.2 Å². The summed E-state index contributed by atoms with van der Waals surface area (Å²) in [4.78, 5) is 40.2. The molecule has 3 fully saturated rings. The number of hydrogen-bond donors (Lipinski definition) is 2. The Kier molecular flexibility index (Phi) is 9.65. The minimum atomic E-state index is -5.07. The number of nitrogens with zero attached hydrogens (tertiary/aromatic N) is 6. The van der Waals surface area contributed by atoms with Crippen LogP contribution in [0.1, 0.15) is 63.4 Å². The number of thiazole rings is 1. The van der Waals surface area contributed by atoms with E-state index in [-0.39, 0.29) is 47.3 Å². The molecule has 2 amide bonds. The number of pyridine rings is 1. The van der Waals surface area contributed by atoms with Crippen LogP contribution >= 0.6 is 11.3 Å². The first kappa shape index (κ1) is 39.3. The molecule has 0 bridgehead atoms. The molecule has 0 unspecified atom stereocenters. The van der Waals surface area contributed by atoms with E-state index >= 15 is 8.78 Å². The number of carbonyl (C=O) groups excluding carboxylic acids is 2. The van der Waals surface area contributed by atoms with Crippen LogP contribution in [0.5, 0.6) is 0 Å². The van der Waals surface area contributed by atoms with Crippen molar-refractivity contribution in [3.8, 4) is 11.1 Å². The number of benzene rings is 2. The van der Waals surface area contributed by atoms with Crippen molar-refractivity contribution in [1.29, 1.82) is 0 Å². The molecule has 3 aromatic heterocycles. The Morgan fingerprint density at radius 1 is 0.983 bits per heavy atom. The van der Waals surface area contributed by atoms with Crippen molar-refractivity contribution in [3.05, 3.63) is 93.7 Å². The largest absolute Gasteiger partial charge is 0.435 e. The lowest BCUT2D eigenvalue weighted by Gasteiger charge is -2.42. The number of hydrogen-bond acceptors (Lipinski definition) is 9. The maximum atomic E-state index is 15.6. The van der Waals surface area contributed by atoms with Gasteiger partial charge in [-0.25, -0.2) is 18.2 Å². The van der Waals surface area contributed by atoms with E-state index in [9.17, 15) is 35.9 Å². The van der Waals surface area contributed by atoms with Crippen LogP contribution < -0.4 is 16.0 Å². The van der Waals surface area contributed by atoms with Crippen LogP contribution in [0.25, 0.3) is 21.5 Å². The molecule has 4 aliphatic rings. The SMILES string of the molecule is NC(=O)c1cc(-c2cc3sc(N4CCN(C5COC5)CC4)nc3nc2[C@H](Cc2cc(F)cc(F)c2)NC(=O)Cn2nc(C(F)(F)F)c3c2C(F)(F)[C@@H]2CC[C@H]32)ccc1F. The summed E-state index contributed by atoms with van der Waals surface area (Å²) in [5, 5.41) is 6.75. The first-order valence-electron chi connectivity index (χ1n) is 18.8. The number of piperazine rings is 1. The highest BCUT2D eigenvalue weighted by Crippen LogP contribution is 2.64. The van der Waals surface area contributed by atoms with E-state index in [4.69, 9.17) is 20.4 Å². The molecule has 11 nitrogen and oxygen atoms in total. The molecule has 310 valence electrons. The van der Waals surface area contributed by atoms with Gasteiger partial charge in [-0.2, -0.15) is 32.0 Å². The fourth-order valence-electron chi connectivity index (χ4n) is 8.61. The predicted molar refractivity (Wildman–Crippen MR) is 197 cm³/mol. The number of amides is 2. The second-order valence-corrected chi connectivity index (χ2v) is 16.3. The molecule has 20 heteroatoms. The lowest BCUT2D eigenvalue weighted by Crippen LogP contribution is -2.56. The molecule has 9 rings (SSSR count). The van der Waals surface area contributed by atoms with Gasteiger partial charge >= 0.3 is 6.18 Å². The maximum absolute atomic E-state index is 15.6. The van der Waals surface area contributed by atoms with Crippen LogP contribution in [-0.2, 0) is 34.6 Å². The zero-order valence-electron chi connectivity index (χ0n) is 30.8. The zero-order valence-corrected chi connectivity index (χ0v) is 31.7. The van der Waals surface area contributed by atoms with Gasteiger partial charge in [-0.1, -0.05) is 17.4 Å². The predicted octanol–water partition coefficient (Wildman–Crippen LogP) is 6.31. The second-order valence-electron chi connectivity index (χ2n) is 15.3. The number of primary amides is 1. The number of ether oxygens (including phenoxy) is 1. The Balaban J connectivity index is 1.13. The van der Waals surface area contributed by atoms with Gasteiger partial charge in [0.15, 0.2) is 16.5 Å². The Morgan fingerprint density at radius 3 is 2.34 bits per heavy atom. The monoisotopic (exact) mass is 846 g/mol. The number of nitrogens with two attached hydrogens (primary N) is 1. The van der Waals surface area contributed by atoms with E-state index in [1.807, 2.05) is 0 Å². The topological polar surface area (TPSA) is 132 Å². The van der Waals surface area contributed by atoms with Crippen LogP contribution in [0, 0.1) is 23.4 Å². The van der Waals surface area contributed by atoms with Gasteiger partial charge in [0, 0.05) is 49.3 Å². The molecule has 5 heterocycles. The van der Waals surface area contributed by atoms with Crippen molar-refractivity contribution >= 4 is 38.6 Å². The molecule has 2 saturated heterocycles. The molecular formula is C39H34F8N8O3S. The summed E-state index contributed by atoms with van der Waals surface area (Å²) in [6, 6.07) is 6.82. The molecule has 3 atom stereocenters. The van der Waals surface area contributed by atoms with Crippen LogP contribution in [0.15, 0.2) is 42.5 Å². The minimum absolute atomic E-state index is 0.00428. The van der Waals surface area contributed by atoms with Gasteiger partial charge in [-0.05, 0) is 66.6 Å². The van der Waals surface area contributed by atoms with Gasteiger partial charge in [-0.15, -0.1) is 0 Å². The Hall–Kier alpha value is -5.21. The average molecular weight is 847 g/mol. The van der Waals surface area contributed by atoms with Gasteiger partial charge in [0.05, 0.1) is 41.3 Å². The average Bonchev–Trinajstić information content (AvgIpc) is 3.75. The van der Waals surface area contributed by atoms with Crippen molar-refractivity contribution < 1.29 is 49.4 Å². The number of carbonyl (C=O) groups is 2. The summed E-state index contributed by atoms with van der Waals surface area (Å²) in [7, 11) is 0. The molecule has 2 aliphatic carbocycles. The van der Waals surface area contributed by atoms with Gasteiger partial charge in [0.25, 0.3) is 11.8 Å². The molecule has 0 radical (unpaired) electrons. The van der Waals surface area contributed by atoms with Gasteiger partial charge in [0.2, 0.25) is 5.91 Å². The van der Waals surface area contributed by atoms with Gasteiger partial charge in [0.1, 0.15) is 29.7 Å². The third kappa shape index (κ3) is 7.07. The Labute approximate surface area is 334 Å². The summed E-state index contributed by atoms with van der Waals surface area (Å²) in [5.74, 6) is -11.1. The quantitative estimate of drug-likeness (QED) is 0.157. The lowest BCUT2D eigenvalue weighted by atomic mass is 9.73. The van der Waals surface area contributed by atoms with Crippen LogP contribution in [0.2, 0.25) is 0 Å². The number of fused-ring (bicyclic) bond motifs is 4. The van der Waals surface area contributed by atoms with E-state index < -0.39 is 88.3 Å². The molecule has 1 saturated carbocycles. The van der Waals surface area contributed by atoms with Crippen molar-refractivity contribution in [2.75, 3.05) is 44.3 Å². The third-order valence-corrected chi connectivity index (χ3v) is 12.7. The summed E-state index contributed by atoms with van der Waals surface area (Å²) in [6.07, 6.45) is -5.33. The smallest absolute Gasteiger partial charge is 0.378 e. The number of aromatic nitrogens is 4. The number of rotatable bonds is 10. The van der Waals surface area contributed by atoms with E-state index in [1.165, 1.54) is 23.5 Å². The molecule has 5 aromatic rings. The third-order valence-electron chi connectivity index (χ3n) is 11.7. The van der Waals surface area contributed by atoms with Crippen LogP contribution in [0.4, 0.5) is 40.3 Å². The minimum Gasteiger partial charge on any atom is -0.378 e. The fourth-order valence-corrected chi connectivity index (χ4v) is 9.61. The molecule has 0 spiro atoms. The maximum Gasteiger partial charge on any atom is 0.435 e. The fraction of sp³-hybridized carbons (Fsp3) is 0.410. The normalized spacial score (nSPS) is 20.8. The summed E-state index contributed by atoms with van der Waals surface area (Å²) in [5.41, 5.74) is 2.59. The van der Waals surface area contributed by atoms with Gasteiger partial charge < -0.3 is 20.7 Å². The van der Waals surface area contributed by atoms with Crippen LogP contribution in [-0.4, -0.2) is 81.9 Å². The summed E-state index contributed by atoms with van der Waals surface area (Å²) < 4.78 is 124. The Morgan fingerprint density at radius 2 is 1.71 bits per heavy atom. The van der Waals surface area contributed by atoms with Crippen molar-refractivity contribution in [1.82, 2.24) is 30.0 Å². The highest BCUT2D eigenvalue weighted by Gasteiger charge is 2.63. The van der Waals surface area contributed by atoms with Crippen molar-refractivity contribution in [2.45, 2.75) is 55.9 Å². The van der Waals surface area contributed by atoms with Crippen molar-refractivity contribution in [2.24, 2.45) is 11.7 Å². The number of halogens is 8. The standard InChI is InChI=1S/C39H34F8N8O3S/c40-20-9-18(10-21(41)13-20)11-28(49-30(56)15-55-34-31(33(52-55)39(45,46)47)23-2-3-26(23)38(34,43)44)32-24(19-1-4-27(42)25(12-19)35(48)57)14-29-36(50-32)51-37(59-29)54-7-5-53(6-8-54)22-16-58-17-22/h1,4,9-10,12-14,22-23,26,28H,2-3,5-8,11,15-17H2,(H2,48,57)(H,49,56)/t23-,26+,28-/m0/s1. The Bertz CT molecular complexity index is 2480. The highest BCUT2D eigenvalue weighted by molar-refractivity contribution is 7.22. The van der Waals surface area contributed by atoms with E-state index in [0.717, 1.165) is 31.3 Å². The molecule has 59 heavy (non-hydrogen) atoms. The lowest BCUT2D eigenvalue weighted by molar-refractivity contribution is -0.144. The molecular weight excluding hydrogens is 813 g/mol. The molecule has 2 aromatic carbocycles. The van der Waals surface area contributed by atoms with E-state index in [1.54, 1.807) is 6.07 Å². The first-order chi connectivity index (χ1) is 28.0. The number of alkyl halides is 5. The number of nitrogens with one attached hydrogen (secondary N) is 1. The number of anilines is 1. The zero-order chi connectivity index (χ0) is 41.5. The summed E-state index contributed by atoms with van der Waals surface area (Å²) >= 11 is 1.30. The summed E-state index contributed by atoms with van der Waals surface area (Å²) in [6.45, 7) is 3.08. The van der Waals surface area contributed by atoms with E-state index in [2.05, 4.69) is 20.2 Å². The molecule has 2 aliphatic heterocycles. The second kappa shape index (κ2) is 14.5. The first-order valence-corrected chi connectivity index (χ1v) is 19.6.